The highest BCUT2D eigenvalue weighted by molar-refractivity contribution is 5.96. The second-order valence-corrected chi connectivity index (χ2v) is 14.7. The van der Waals surface area contributed by atoms with Gasteiger partial charge in [-0.25, -0.2) is 4.79 Å². The minimum Gasteiger partial charge on any atom is -0.460 e. The van der Waals surface area contributed by atoms with Crippen LogP contribution in [0.2, 0.25) is 0 Å². The normalized spacial score (nSPS) is 27.7. The fourth-order valence-electron chi connectivity index (χ4n) is 6.09. The van der Waals surface area contributed by atoms with E-state index in [2.05, 4.69) is 28.2 Å². The van der Waals surface area contributed by atoms with Gasteiger partial charge in [0.1, 0.15) is 36.3 Å². The average molecular weight is 726 g/mol. The number of nitrogens with one attached hydrogen (secondary N) is 4. The number of nitrogens with zero attached hydrogens (tertiary/aromatic N) is 1. The Labute approximate surface area is 305 Å². The van der Waals surface area contributed by atoms with Crippen molar-refractivity contribution in [3.63, 3.8) is 0 Å². The molecule has 0 aromatic carbocycles. The topological polar surface area (TPSA) is 203 Å². The van der Waals surface area contributed by atoms with Gasteiger partial charge in [0.25, 0.3) is 0 Å². The molecule has 2 unspecified atom stereocenters. The number of hydrogen-bond donors (Lipinski definition) is 6. The summed E-state index contributed by atoms with van der Waals surface area (Å²) in [6, 6.07) is -6.40. The summed E-state index contributed by atoms with van der Waals surface area (Å²) >= 11 is 0. The van der Waals surface area contributed by atoms with Crippen LogP contribution in [0.15, 0.2) is 0 Å². The molecular weight excluding hydrogens is 658 g/mol. The van der Waals surface area contributed by atoms with E-state index in [0.29, 0.717) is 19.3 Å². The fourth-order valence-corrected chi connectivity index (χ4v) is 6.09. The van der Waals surface area contributed by atoms with Gasteiger partial charge in [-0.2, -0.15) is 0 Å². The third kappa shape index (κ3) is 15.1. The molecular formula is C37H67N5O9. The predicted molar refractivity (Wildman–Crippen MR) is 194 cm³/mol. The molecule has 9 atom stereocenters. The van der Waals surface area contributed by atoms with E-state index in [-0.39, 0.29) is 12.3 Å². The van der Waals surface area contributed by atoms with Gasteiger partial charge in [-0.15, -0.1) is 0 Å². The number of ether oxygens (including phenoxy) is 1. The summed E-state index contributed by atoms with van der Waals surface area (Å²) in [4.78, 5) is 82.7. The molecule has 0 bridgehead atoms. The van der Waals surface area contributed by atoms with Crippen LogP contribution >= 0.6 is 0 Å². The molecule has 1 rings (SSSR count). The summed E-state index contributed by atoms with van der Waals surface area (Å²) in [6.07, 6.45) is 7.22. The number of unbranched alkanes of at least 4 members (excludes halogenated alkanes) is 7. The Hall–Kier alpha value is -3.26. The molecule has 14 heteroatoms. The van der Waals surface area contributed by atoms with Crippen molar-refractivity contribution >= 4 is 35.5 Å². The maximum atomic E-state index is 14.1. The molecule has 1 saturated heterocycles. The number of aliphatic hydroxyl groups is 2. The molecule has 0 spiro atoms. The van der Waals surface area contributed by atoms with E-state index in [4.69, 9.17) is 4.74 Å². The molecule has 1 aliphatic rings. The van der Waals surface area contributed by atoms with Gasteiger partial charge in [0.05, 0.1) is 18.6 Å². The Balaban J connectivity index is 3.58. The predicted octanol–water partition coefficient (Wildman–Crippen LogP) is 2.33. The molecule has 5 amide bonds. The Bertz CT molecular complexity index is 1130. The van der Waals surface area contributed by atoms with Gasteiger partial charge in [-0.1, -0.05) is 92.9 Å². The molecule has 0 radical (unpaired) electrons. The molecule has 294 valence electrons. The average Bonchev–Trinajstić information content (AvgIpc) is 3.08. The van der Waals surface area contributed by atoms with Crippen LogP contribution in [0.25, 0.3) is 0 Å². The zero-order chi connectivity index (χ0) is 38.8. The highest BCUT2D eigenvalue weighted by Crippen LogP contribution is 2.23. The number of rotatable bonds is 15. The molecule has 0 aromatic heterocycles. The van der Waals surface area contributed by atoms with Crippen molar-refractivity contribution in [3.8, 4) is 0 Å². The van der Waals surface area contributed by atoms with Crippen molar-refractivity contribution in [3.05, 3.63) is 0 Å². The lowest BCUT2D eigenvalue weighted by molar-refractivity contribution is -0.160. The van der Waals surface area contributed by atoms with Crippen molar-refractivity contribution in [2.45, 2.75) is 168 Å². The minimum absolute atomic E-state index is 0.0106. The molecule has 0 aliphatic carbocycles. The summed E-state index contributed by atoms with van der Waals surface area (Å²) in [5.74, 6) is -5.66. The number of cyclic esters (lactones) is 1. The largest absolute Gasteiger partial charge is 0.460 e. The molecule has 0 aromatic rings. The van der Waals surface area contributed by atoms with Crippen LogP contribution in [-0.4, -0.2) is 107 Å². The second-order valence-electron chi connectivity index (χ2n) is 14.7. The highest BCUT2D eigenvalue weighted by atomic mass is 16.5. The molecule has 1 heterocycles. The first-order valence-electron chi connectivity index (χ1n) is 19.0. The number of carbonyl (C=O) groups excluding carboxylic acids is 6. The summed E-state index contributed by atoms with van der Waals surface area (Å²) in [6.45, 7) is 13.0. The van der Waals surface area contributed by atoms with Gasteiger partial charge in [-0.05, 0) is 44.9 Å². The molecule has 51 heavy (non-hydrogen) atoms. The third-order valence-corrected chi connectivity index (χ3v) is 9.75. The van der Waals surface area contributed by atoms with Gasteiger partial charge in [0.2, 0.25) is 29.5 Å². The maximum Gasteiger partial charge on any atom is 0.328 e. The standard InChI is InChI=1S/C37H67N5O9/c1-10-12-13-14-15-16-17-18-19-29-24(6)36(49)42(9)28(20-22(3)4)33(46)40-30(23(5)11-2)34(47)39-27(21-43)32(45)41-31(26(8)44)35(48)38-25(7)37(50)51-29/h22-31,43-44H,10-21H2,1-9H3,(H,38,48)(H,39,47)(H,40,46)(H,41,45)/t23?,24-,25+,26?,27+,28+,29-,30+,31+/m1/s1. The molecule has 1 fully saturated rings. The van der Waals surface area contributed by atoms with E-state index >= 15 is 0 Å². The first kappa shape index (κ1) is 45.8. The van der Waals surface area contributed by atoms with Crippen LogP contribution in [0.4, 0.5) is 0 Å². The maximum absolute atomic E-state index is 14.1. The van der Waals surface area contributed by atoms with E-state index in [0.717, 1.165) is 32.1 Å². The van der Waals surface area contributed by atoms with Crippen molar-refractivity contribution < 1.29 is 43.7 Å². The Morgan fingerprint density at radius 2 is 1.29 bits per heavy atom. The third-order valence-electron chi connectivity index (χ3n) is 9.75. The summed E-state index contributed by atoms with van der Waals surface area (Å²) in [7, 11) is 1.52. The number of hydrogen-bond acceptors (Lipinski definition) is 9. The molecule has 0 saturated carbocycles. The van der Waals surface area contributed by atoms with Crippen molar-refractivity contribution in [2.24, 2.45) is 17.8 Å². The first-order chi connectivity index (χ1) is 24.0. The van der Waals surface area contributed by atoms with Gasteiger partial charge in [-0.3, -0.25) is 24.0 Å². The van der Waals surface area contributed by atoms with Gasteiger partial charge in [0, 0.05) is 7.05 Å². The first-order valence-corrected chi connectivity index (χ1v) is 19.0. The number of amides is 5. The lowest BCUT2D eigenvalue weighted by Gasteiger charge is -2.34. The van der Waals surface area contributed by atoms with Crippen molar-refractivity contribution in [2.75, 3.05) is 13.7 Å². The zero-order valence-corrected chi connectivity index (χ0v) is 32.5. The van der Waals surface area contributed by atoms with Crippen LogP contribution in [0.1, 0.15) is 126 Å². The number of carbonyl (C=O) groups is 6. The Kier molecular flexibility index (Phi) is 20.9. The van der Waals surface area contributed by atoms with Crippen LogP contribution in [0.3, 0.4) is 0 Å². The number of likely N-dealkylation sites (N-methyl/N-ethyl adjacent to an activating group) is 1. The molecule has 14 nitrogen and oxygen atoms in total. The van der Waals surface area contributed by atoms with Crippen molar-refractivity contribution in [1.82, 2.24) is 26.2 Å². The van der Waals surface area contributed by atoms with E-state index in [9.17, 15) is 39.0 Å². The lowest BCUT2D eigenvalue weighted by atomic mass is 9.94. The SMILES string of the molecule is CCCCCCCCCC[C@H]1OC(=O)[C@H](C)NC(=O)[C@H](C(C)O)NC(=O)[C@H](CO)NC(=O)[C@H](C(C)CC)NC(=O)[C@H](CC(C)C)N(C)C(=O)[C@@H]1C. The molecule has 6 N–H and O–H groups in total. The lowest BCUT2D eigenvalue weighted by Crippen LogP contribution is -2.62. The van der Waals surface area contributed by atoms with Gasteiger partial charge in [0.15, 0.2) is 0 Å². The van der Waals surface area contributed by atoms with Gasteiger partial charge < -0.3 is 41.1 Å². The monoisotopic (exact) mass is 725 g/mol. The highest BCUT2D eigenvalue weighted by Gasteiger charge is 2.39. The second kappa shape index (κ2) is 23.3. The van der Waals surface area contributed by atoms with Crippen LogP contribution < -0.4 is 21.3 Å². The quantitative estimate of drug-likeness (QED) is 0.108. The fraction of sp³-hybridized carbons (Fsp3) is 0.838. The van der Waals surface area contributed by atoms with E-state index in [1.54, 1.807) is 13.8 Å². The van der Waals surface area contributed by atoms with Gasteiger partial charge >= 0.3 is 5.97 Å². The summed E-state index contributed by atoms with van der Waals surface area (Å²) in [5, 5.41) is 30.5. The Morgan fingerprint density at radius 1 is 0.745 bits per heavy atom. The smallest absolute Gasteiger partial charge is 0.328 e. The number of aliphatic hydroxyl groups excluding tert-OH is 2. The minimum atomic E-state index is -1.55. The number of esters is 1. The van der Waals surface area contributed by atoms with E-state index in [1.807, 2.05) is 20.8 Å². The Morgan fingerprint density at radius 3 is 1.82 bits per heavy atom. The van der Waals surface area contributed by atoms with E-state index < -0.39 is 96.4 Å². The molecule has 1 aliphatic heterocycles. The zero-order valence-electron chi connectivity index (χ0n) is 32.5. The van der Waals surface area contributed by atoms with Crippen molar-refractivity contribution in [1.29, 1.82) is 0 Å². The van der Waals surface area contributed by atoms with Crippen LogP contribution in [0, 0.1) is 17.8 Å². The summed E-state index contributed by atoms with van der Waals surface area (Å²) in [5.41, 5.74) is 0. The van der Waals surface area contributed by atoms with E-state index in [1.165, 1.54) is 38.6 Å². The van der Waals surface area contributed by atoms with Crippen LogP contribution in [-0.2, 0) is 33.5 Å². The summed E-state index contributed by atoms with van der Waals surface area (Å²) < 4.78 is 5.90. The van der Waals surface area contributed by atoms with Crippen LogP contribution in [0.5, 0.6) is 0 Å².